The number of hydrogen-bond donors (Lipinski definition) is 1. The predicted octanol–water partition coefficient (Wildman–Crippen LogP) is 4.09. The summed E-state index contributed by atoms with van der Waals surface area (Å²) in [6, 6.07) is 0.956. The number of halogens is 3. The van der Waals surface area contributed by atoms with Crippen LogP contribution in [0.4, 0.5) is 13.2 Å². The number of nitrogens with zero attached hydrogens (tertiary/aromatic N) is 2. The van der Waals surface area contributed by atoms with E-state index in [2.05, 4.69) is 15.0 Å². The summed E-state index contributed by atoms with van der Waals surface area (Å²) in [6.45, 7) is 3.49. The van der Waals surface area contributed by atoms with E-state index in [4.69, 9.17) is 12.2 Å². The minimum absolute atomic E-state index is 0.0132. The molecule has 2 rings (SSSR count). The normalized spacial score (nSPS) is 11.7. The molecule has 0 aliphatic heterocycles. The van der Waals surface area contributed by atoms with Gasteiger partial charge in [0.1, 0.15) is 10.5 Å². The molecule has 1 N–H and O–H groups in total. The van der Waals surface area contributed by atoms with E-state index in [1.807, 2.05) is 6.92 Å². The van der Waals surface area contributed by atoms with Gasteiger partial charge in [0.05, 0.1) is 11.3 Å². The van der Waals surface area contributed by atoms with Crippen LogP contribution < -0.4 is 0 Å². The molecule has 0 atom stereocenters. The van der Waals surface area contributed by atoms with Crippen molar-refractivity contribution in [2.45, 2.75) is 26.4 Å². The van der Waals surface area contributed by atoms with Crippen LogP contribution in [0.1, 0.15) is 23.9 Å². The van der Waals surface area contributed by atoms with Crippen LogP contribution in [-0.4, -0.2) is 15.0 Å². The zero-order chi connectivity index (χ0) is 14.9. The maximum absolute atomic E-state index is 13.1. The Balaban J connectivity index is 2.76. The second kappa shape index (κ2) is 5.32. The molecule has 0 unspecified atom stereocenters. The predicted molar refractivity (Wildman–Crippen MR) is 71.8 cm³/mol. The van der Waals surface area contributed by atoms with Crippen molar-refractivity contribution in [2.24, 2.45) is 0 Å². The highest BCUT2D eigenvalue weighted by Crippen LogP contribution is 2.36. The summed E-state index contributed by atoms with van der Waals surface area (Å²) < 4.78 is 39.5. The molecule has 2 heterocycles. The third-order valence-electron chi connectivity index (χ3n) is 2.93. The molecule has 0 aromatic carbocycles. The molecule has 0 saturated heterocycles. The fourth-order valence-corrected chi connectivity index (χ4v) is 2.07. The fourth-order valence-electron chi connectivity index (χ4n) is 1.86. The van der Waals surface area contributed by atoms with Gasteiger partial charge in [-0.1, -0.05) is 19.1 Å². The molecule has 0 radical (unpaired) electrons. The average Bonchev–Trinajstić information content (AvgIpc) is 2.40. The number of rotatable bonds is 2. The van der Waals surface area contributed by atoms with Crippen LogP contribution in [0.5, 0.6) is 0 Å². The van der Waals surface area contributed by atoms with E-state index in [-0.39, 0.29) is 5.56 Å². The van der Waals surface area contributed by atoms with E-state index >= 15 is 0 Å². The number of hydrogen-bond acceptors (Lipinski definition) is 3. The van der Waals surface area contributed by atoms with E-state index in [1.165, 1.54) is 6.20 Å². The van der Waals surface area contributed by atoms with E-state index in [1.54, 1.807) is 6.92 Å². The molecule has 0 spiro atoms. The Morgan fingerprint density at radius 1 is 1.35 bits per heavy atom. The van der Waals surface area contributed by atoms with Crippen molar-refractivity contribution in [3.8, 4) is 11.3 Å². The van der Waals surface area contributed by atoms with Gasteiger partial charge in [-0.3, -0.25) is 4.98 Å². The van der Waals surface area contributed by atoms with E-state index < -0.39 is 11.7 Å². The number of aromatic amines is 1. The van der Waals surface area contributed by atoms with Gasteiger partial charge in [-0.15, -0.1) is 0 Å². The quantitative estimate of drug-likeness (QED) is 0.849. The van der Waals surface area contributed by atoms with Crippen LogP contribution in [-0.2, 0) is 12.6 Å². The third-order valence-corrected chi connectivity index (χ3v) is 3.33. The van der Waals surface area contributed by atoms with Crippen LogP contribution in [0.25, 0.3) is 11.3 Å². The Kier molecular flexibility index (Phi) is 3.89. The van der Waals surface area contributed by atoms with E-state index in [0.29, 0.717) is 28.1 Å². The number of alkyl halides is 3. The van der Waals surface area contributed by atoms with Gasteiger partial charge in [0.25, 0.3) is 0 Å². The molecule has 106 valence electrons. The first-order valence-electron chi connectivity index (χ1n) is 5.96. The first kappa shape index (κ1) is 14.6. The van der Waals surface area contributed by atoms with Crippen LogP contribution in [0, 0.1) is 11.6 Å². The zero-order valence-electron chi connectivity index (χ0n) is 10.9. The molecule has 0 saturated carbocycles. The number of aryl methyl sites for hydroxylation is 1. The number of nitrogens with one attached hydrogen (secondary N) is 1. The van der Waals surface area contributed by atoms with Gasteiger partial charge in [-0.2, -0.15) is 13.2 Å². The Bertz CT molecular complexity index is 692. The molecule has 0 aliphatic rings. The average molecular weight is 299 g/mol. The Morgan fingerprint density at radius 2 is 2.05 bits per heavy atom. The lowest BCUT2D eigenvalue weighted by Gasteiger charge is -2.14. The monoisotopic (exact) mass is 299 g/mol. The summed E-state index contributed by atoms with van der Waals surface area (Å²) >= 11 is 5.10. The van der Waals surface area contributed by atoms with Crippen molar-refractivity contribution < 1.29 is 13.2 Å². The van der Waals surface area contributed by atoms with Crippen molar-refractivity contribution in [2.75, 3.05) is 0 Å². The van der Waals surface area contributed by atoms with Crippen molar-refractivity contribution in [1.82, 2.24) is 15.0 Å². The van der Waals surface area contributed by atoms with Gasteiger partial charge >= 0.3 is 6.18 Å². The minimum Gasteiger partial charge on any atom is -0.343 e. The lowest BCUT2D eigenvalue weighted by molar-refractivity contribution is -0.137. The third kappa shape index (κ3) is 2.72. The van der Waals surface area contributed by atoms with Gasteiger partial charge in [0, 0.05) is 29.9 Å². The highest BCUT2D eigenvalue weighted by molar-refractivity contribution is 7.71. The molecule has 3 nitrogen and oxygen atoms in total. The van der Waals surface area contributed by atoms with Gasteiger partial charge in [-0.25, -0.2) is 4.98 Å². The molecule has 20 heavy (non-hydrogen) atoms. The summed E-state index contributed by atoms with van der Waals surface area (Å²) in [6.07, 6.45) is -1.58. The maximum Gasteiger partial charge on any atom is 0.417 e. The molecule has 0 amide bonds. The first-order chi connectivity index (χ1) is 9.34. The second-order valence-electron chi connectivity index (χ2n) is 4.26. The van der Waals surface area contributed by atoms with Crippen LogP contribution in [0.15, 0.2) is 18.5 Å². The van der Waals surface area contributed by atoms with Crippen LogP contribution in [0.3, 0.4) is 0 Å². The molecule has 7 heteroatoms. The molecule has 2 aromatic rings. The number of H-pyrrole nitrogens is 1. The highest BCUT2D eigenvalue weighted by atomic mass is 32.1. The SMILES string of the molecule is CCc1nc(=S)c(C)c(-c2cnccc2C(F)(F)F)[nH]1. The molecular weight excluding hydrogens is 287 g/mol. The Labute approximate surface area is 118 Å². The lowest BCUT2D eigenvalue weighted by Crippen LogP contribution is -2.09. The number of pyridine rings is 1. The summed E-state index contributed by atoms with van der Waals surface area (Å²) in [5.41, 5.74) is 0.0770. The molecule has 0 bridgehead atoms. The number of aromatic nitrogens is 3. The van der Waals surface area contributed by atoms with Crippen LogP contribution >= 0.6 is 12.2 Å². The standard InChI is InChI=1S/C13H12F3N3S/c1-3-10-18-11(7(2)12(20)19-10)8-6-17-5-4-9(8)13(14,15)16/h4-6H,3H2,1-2H3,(H,18,19,20). The largest absolute Gasteiger partial charge is 0.417 e. The summed E-state index contributed by atoms with van der Waals surface area (Å²) in [5, 5.41) is 0. The first-order valence-corrected chi connectivity index (χ1v) is 6.36. The molecule has 2 aromatic heterocycles. The molecule has 0 fully saturated rings. The minimum atomic E-state index is -4.45. The molecular formula is C13H12F3N3S. The summed E-state index contributed by atoms with van der Waals surface area (Å²) in [4.78, 5) is 10.8. The van der Waals surface area contributed by atoms with Crippen LogP contribution in [0.2, 0.25) is 0 Å². The van der Waals surface area contributed by atoms with Crippen molar-refractivity contribution in [3.05, 3.63) is 40.1 Å². The van der Waals surface area contributed by atoms with Crippen molar-refractivity contribution in [3.63, 3.8) is 0 Å². The summed E-state index contributed by atoms with van der Waals surface area (Å²) in [7, 11) is 0. The van der Waals surface area contributed by atoms with Gasteiger partial charge in [0.2, 0.25) is 0 Å². The molecule has 0 aliphatic carbocycles. The second-order valence-corrected chi connectivity index (χ2v) is 4.65. The highest BCUT2D eigenvalue weighted by Gasteiger charge is 2.34. The topological polar surface area (TPSA) is 41.6 Å². The Morgan fingerprint density at radius 3 is 2.65 bits per heavy atom. The zero-order valence-corrected chi connectivity index (χ0v) is 11.7. The van der Waals surface area contributed by atoms with Gasteiger partial charge in [-0.05, 0) is 13.0 Å². The smallest absolute Gasteiger partial charge is 0.343 e. The van der Waals surface area contributed by atoms with E-state index in [9.17, 15) is 13.2 Å². The van der Waals surface area contributed by atoms with E-state index in [0.717, 1.165) is 12.3 Å². The van der Waals surface area contributed by atoms with Crippen molar-refractivity contribution in [1.29, 1.82) is 0 Å². The maximum atomic E-state index is 13.1. The fraction of sp³-hybridized carbons (Fsp3) is 0.308. The lowest BCUT2D eigenvalue weighted by atomic mass is 10.0. The van der Waals surface area contributed by atoms with Gasteiger partial charge < -0.3 is 4.98 Å². The Hall–Kier alpha value is -1.76. The summed E-state index contributed by atoms with van der Waals surface area (Å²) in [5.74, 6) is 0.549. The van der Waals surface area contributed by atoms with Gasteiger partial charge in [0.15, 0.2) is 0 Å². The van der Waals surface area contributed by atoms with Crippen molar-refractivity contribution >= 4 is 12.2 Å².